The zero-order valence-corrected chi connectivity index (χ0v) is 14.3. The van der Waals surface area contributed by atoms with E-state index in [1.54, 1.807) is 17.0 Å². The van der Waals surface area contributed by atoms with E-state index in [9.17, 15) is 9.59 Å². The highest BCUT2D eigenvalue weighted by atomic mass is 16.3. The average molecular weight is 342 g/mol. The first kappa shape index (κ1) is 15.9. The maximum Gasteiger partial charge on any atom is 0.289 e. The summed E-state index contributed by atoms with van der Waals surface area (Å²) >= 11 is 0. The molecule has 1 atom stereocenters. The molecular weight excluding hydrogens is 320 g/mol. The van der Waals surface area contributed by atoms with Crippen LogP contribution < -0.4 is 10.5 Å². The van der Waals surface area contributed by atoms with Gasteiger partial charge in [-0.05, 0) is 32.3 Å². The molecule has 1 unspecified atom stereocenters. The largest absolute Gasteiger partial charge is 0.459 e. The molecule has 0 bridgehead atoms. The molecule has 0 saturated carbocycles. The van der Waals surface area contributed by atoms with Gasteiger partial charge in [0, 0.05) is 43.7 Å². The Balaban J connectivity index is 1.52. The van der Waals surface area contributed by atoms with Crippen LogP contribution in [0.25, 0.3) is 0 Å². The molecule has 1 amide bonds. The number of aryl methyl sites for hydroxylation is 1. The Kier molecular flexibility index (Phi) is 4.07. The van der Waals surface area contributed by atoms with Crippen LogP contribution in [-0.2, 0) is 0 Å². The van der Waals surface area contributed by atoms with Crippen molar-refractivity contribution in [2.45, 2.75) is 32.1 Å². The van der Waals surface area contributed by atoms with E-state index in [4.69, 9.17) is 4.42 Å². The highest BCUT2D eigenvalue weighted by Crippen LogP contribution is 2.28. The fraction of sp³-hybridized carbons (Fsp3) is 0.500. The van der Waals surface area contributed by atoms with Gasteiger partial charge in [0.2, 0.25) is 5.95 Å². The predicted octanol–water partition coefficient (Wildman–Crippen LogP) is 1.90. The van der Waals surface area contributed by atoms with Gasteiger partial charge < -0.3 is 14.2 Å². The summed E-state index contributed by atoms with van der Waals surface area (Å²) in [4.78, 5) is 36.1. The van der Waals surface area contributed by atoms with Crippen molar-refractivity contribution in [2.24, 2.45) is 0 Å². The second-order valence-electron chi connectivity index (χ2n) is 6.86. The molecule has 0 radical (unpaired) electrons. The first-order valence-electron chi connectivity index (χ1n) is 8.81. The highest BCUT2D eigenvalue weighted by molar-refractivity contribution is 5.93. The van der Waals surface area contributed by atoms with Crippen molar-refractivity contribution in [3.63, 3.8) is 0 Å². The zero-order valence-electron chi connectivity index (χ0n) is 14.3. The highest BCUT2D eigenvalue weighted by Gasteiger charge is 2.31. The molecule has 0 spiro atoms. The van der Waals surface area contributed by atoms with Crippen LogP contribution in [0.4, 0.5) is 5.95 Å². The number of nitrogens with one attached hydrogen (secondary N) is 1. The third kappa shape index (κ3) is 3.06. The van der Waals surface area contributed by atoms with Crippen LogP contribution in [0.1, 0.15) is 47.0 Å². The predicted molar refractivity (Wildman–Crippen MR) is 93.0 cm³/mol. The lowest BCUT2D eigenvalue weighted by atomic mass is 10.1. The molecule has 4 heterocycles. The Hall–Kier alpha value is -2.57. The SMILES string of the molecule is Cc1ccoc1C(=O)N1CCC(c2cc(=O)[nH]c(N3CCCC3)n2)C1. The second kappa shape index (κ2) is 6.38. The fourth-order valence-electron chi connectivity index (χ4n) is 3.67. The van der Waals surface area contributed by atoms with E-state index >= 15 is 0 Å². The number of rotatable bonds is 3. The van der Waals surface area contributed by atoms with Crippen molar-refractivity contribution in [2.75, 3.05) is 31.1 Å². The monoisotopic (exact) mass is 342 g/mol. The Morgan fingerprint density at radius 2 is 2.12 bits per heavy atom. The summed E-state index contributed by atoms with van der Waals surface area (Å²) in [7, 11) is 0. The molecule has 2 aliphatic rings. The van der Waals surface area contributed by atoms with Gasteiger partial charge in [0.25, 0.3) is 11.5 Å². The molecule has 25 heavy (non-hydrogen) atoms. The number of aromatic amines is 1. The minimum atomic E-state index is -0.126. The standard InChI is InChI=1S/C18H22N4O3/c1-12-5-9-25-16(12)17(24)22-8-4-13(11-22)14-10-15(23)20-18(19-14)21-6-2-3-7-21/h5,9-10,13H,2-4,6-8,11H2,1H3,(H,19,20,23). The third-order valence-electron chi connectivity index (χ3n) is 5.10. The first-order chi connectivity index (χ1) is 12.1. The van der Waals surface area contributed by atoms with Gasteiger partial charge in [-0.2, -0.15) is 0 Å². The van der Waals surface area contributed by atoms with Gasteiger partial charge in [-0.3, -0.25) is 14.6 Å². The molecular formula is C18H22N4O3. The fourth-order valence-corrected chi connectivity index (χ4v) is 3.67. The minimum Gasteiger partial charge on any atom is -0.459 e. The van der Waals surface area contributed by atoms with Gasteiger partial charge in [-0.25, -0.2) is 4.98 Å². The molecule has 2 fully saturated rings. The molecule has 2 saturated heterocycles. The summed E-state index contributed by atoms with van der Waals surface area (Å²) in [5.41, 5.74) is 1.50. The number of carbonyl (C=O) groups excluding carboxylic acids is 1. The third-order valence-corrected chi connectivity index (χ3v) is 5.10. The van der Waals surface area contributed by atoms with Gasteiger partial charge >= 0.3 is 0 Å². The number of nitrogens with zero attached hydrogens (tertiary/aromatic N) is 3. The number of carbonyl (C=O) groups is 1. The number of furan rings is 1. The quantitative estimate of drug-likeness (QED) is 0.921. The van der Waals surface area contributed by atoms with Crippen LogP contribution in [-0.4, -0.2) is 47.0 Å². The molecule has 2 aromatic heterocycles. The van der Waals surface area contributed by atoms with Crippen molar-refractivity contribution in [1.82, 2.24) is 14.9 Å². The second-order valence-corrected chi connectivity index (χ2v) is 6.86. The number of likely N-dealkylation sites (tertiary alicyclic amines) is 1. The van der Waals surface area contributed by atoms with E-state index in [0.29, 0.717) is 24.8 Å². The van der Waals surface area contributed by atoms with Crippen LogP contribution in [0.2, 0.25) is 0 Å². The summed E-state index contributed by atoms with van der Waals surface area (Å²) in [6.45, 7) is 4.94. The van der Waals surface area contributed by atoms with E-state index in [0.717, 1.165) is 43.6 Å². The molecule has 132 valence electrons. The lowest BCUT2D eigenvalue weighted by molar-refractivity contribution is 0.0758. The van der Waals surface area contributed by atoms with Gasteiger partial charge in [-0.15, -0.1) is 0 Å². The molecule has 7 nitrogen and oxygen atoms in total. The summed E-state index contributed by atoms with van der Waals surface area (Å²) < 4.78 is 5.32. The smallest absolute Gasteiger partial charge is 0.289 e. The molecule has 7 heteroatoms. The number of aromatic nitrogens is 2. The Bertz CT molecular complexity index is 835. The number of amides is 1. The summed E-state index contributed by atoms with van der Waals surface area (Å²) in [6.07, 6.45) is 4.60. The van der Waals surface area contributed by atoms with E-state index in [2.05, 4.69) is 14.9 Å². The van der Waals surface area contributed by atoms with Crippen molar-refractivity contribution >= 4 is 11.9 Å². The Morgan fingerprint density at radius 1 is 1.32 bits per heavy atom. The van der Waals surface area contributed by atoms with Crippen molar-refractivity contribution in [3.05, 3.63) is 45.8 Å². The summed E-state index contributed by atoms with van der Waals surface area (Å²) in [5, 5.41) is 0. The first-order valence-corrected chi connectivity index (χ1v) is 8.81. The van der Waals surface area contributed by atoms with E-state index in [1.807, 2.05) is 6.92 Å². The topological polar surface area (TPSA) is 82.4 Å². The van der Waals surface area contributed by atoms with Crippen molar-refractivity contribution < 1.29 is 9.21 Å². The van der Waals surface area contributed by atoms with E-state index < -0.39 is 0 Å². The number of H-pyrrole nitrogens is 1. The number of hydrogen-bond acceptors (Lipinski definition) is 5. The summed E-state index contributed by atoms with van der Waals surface area (Å²) in [5.74, 6) is 1.06. The molecule has 2 aromatic rings. The lowest BCUT2D eigenvalue weighted by Gasteiger charge is -2.18. The summed E-state index contributed by atoms with van der Waals surface area (Å²) in [6, 6.07) is 3.36. The van der Waals surface area contributed by atoms with Crippen molar-refractivity contribution in [3.8, 4) is 0 Å². The van der Waals surface area contributed by atoms with Crippen LogP contribution in [0.3, 0.4) is 0 Å². The van der Waals surface area contributed by atoms with Crippen LogP contribution >= 0.6 is 0 Å². The van der Waals surface area contributed by atoms with Gasteiger partial charge in [0.05, 0.1) is 12.0 Å². The van der Waals surface area contributed by atoms with Crippen molar-refractivity contribution in [1.29, 1.82) is 0 Å². The van der Waals surface area contributed by atoms with Crippen LogP contribution in [0, 0.1) is 6.92 Å². The molecule has 0 aromatic carbocycles. The van der Waals surface area contributed by atoms with Gasteiger partial charge in [0.1, 0.15) is 0 Å². The zero-order chi connectivity index (χ0) is 17.4. The Morgan fingerprint density at radius 3 is 2.84 bits per heavy atom. The molecule has 0 aliphatic carbocycles. The normalized spacial score (nSPS) is 20.4. The number of hydrogen-bond donors (Lipinski definition) is 1. The maximum absolute atomic E-state index is 12.6. The van der Waals surface area contributed by atoms with E-state index in [1.165, 1.54) is 6.26 Å². The van der Waals surface area contributed by atoms with E-state index in [-0.39, 0.29) is 17.4 Å². The molecule has 4 rings (SSSR count). The lowest BCUT2D eigenvalue weighted by Crippen LogP contribution is -2.29. The Labute approximate surface area is 145 Å². The van der Waals surface area contributed by atoms with Crippen LogP contribution in [0.5, 0.6) is 0 Å². The molecule has 1 N–H and O–H groups in total. The number of anilines is 1. The van der Waals surface area contributed by atoms with Crippen LogP contribution in [0.15, 0.2) is 27.6 Å². The average Bonchev–Trinajstić information content (AvgIpc) is 3.35. The van der Waals surface area contributed by atoms with Gasteiger partial charge in [-0.1, -0.05) is 0 Å². The minimum absolute atomic E-state index is 0.0860. The maximum atomic E-state index is 12.6. The molecule has 2 aliphatic heterocycles. The van der Waals surface area contributed by atoms with Gasteiger partial charge in [0.15, 0.2) is 5.76 Å².